The van der Waals surface area contributed by atoms with Crippen LogP contribution in [0.2, 0.25) is 0 Å². The standard InChI is InChI=1S/C14H25NO4/c1-2-3-7-11(14(18)19)15-13(17)9-10-6-4-5-8-12(10)16/h10-12,16H,2-9H2,1H3,(H,15,17)(H,18,19)/t10-,11-,12+/m0/s1. The lowest BCUT2D eigenvalue weighted by atomic mass is 9.84. The Hall–Kier alpha value is -1.10. The van der Waals surface area contributed by atoms with Gasteiger partial charge in [-0.3, -0.25) is 4.79 Å². The number of unbranched alkanes of at least 4 members (excludes halogenated alkanes) is 1. The van der Waals surface area contributed by atoms with Crippen LogP contribution >= 0.6 is 0 Å². The van der Waals surface area contributed by atoms with Crippen LogP contribution in [0.25, 0.3) is 0 Å². The van der Waals surface area contributed by atoms with Crippen LogP contribution in [0.15, 0.2) is 0 Å². The van der Waals surface area contributed by atoms with Gasteiger partial charge in [0.1, 0.15) is 6.04 Å². The highest BCUT2D eigenvalue weighted by atomic mass is 16.4. The second-order valence-electron chi connectivity index (χ2n) is 5.42. The van der Waals surface area contributed by atoms with Gasteiger partial charge in [-0.15, -0.1) is 0 Å². The van der Waals surface area contributed by atoms with Crippen molar-refractivity contribution in [3.8, 4) is 0 Å². The number of aliphatic carboxylic acids is 1. The van der Waals surface area contributed by atoms with E-state index < -0.39 is 18.1 Å². The molecule has 5 heteroatoms. The number of aliphatic hydroxyl groups is 1. The highest BCUT2D eigenvalue weighted by molar-refractivity contribution is 5.83. The predicted octanol–water partition coefficient (Wildman–Crippen LogP) is 1.69. The molecule has 1 aliphatic carbocycles. The molecule has 0 bridgehead atoms. The van der Waals surface area contributed by atoms with Gasteiger partial charge in [-0.25, -0.2) is 4.79 Å². The smallest absolute Gasteiger partial charge is 0.326 e. The fraction of sp³-hybridized carbons (Fsp3) is 0.857. The summed E-state index contributed by atoms with van der Waals surface area (Å²) < 4.78 is 0. The van der Waals surface area contributed by atoms with Crippen molar-refractivity contribution >= 4 is 11.9 Å². The van der Waals surface area contributed by atoms with Crippen LogP contribution in [0.5, 0.6) is 0 Å². The van der Waals surface area contributed by atoms with Gasteiger partial charge in [0.2, 0.25) is 5.91 Å². The predicted molar refractivity (Wildman–Crippen MR) is 71.7 cm³/mol. The van der Waals surface area contributed by atoms with Crippen LogP contribution in [0.1, 0.15) is 58.3 Å². The summed E-state index contributed by atoms with van der Waals surface area (Å²) in [5, 5.41) is 21.4. The first kappa shape index (κ1) is 16.0. The number of carboxylic acid groups (broad SMARTS) is 1. The first-order valence-electron chi connectivity index (χ1n) is 7.24. The third kappa shape index (κ3) is 5.59. The zero-order valence-electron chi connectivity index (χ0n) is 11.6. The average Bonchev–Trinajstić information content (AvgIpc) is 2.37. The number of amides is 1. The molecule has 1 fully saturated rings. The van der Waals surface area contributed by atoms with Crippen LogP contribution in [-0.4, -0.2) is 34.2 Å². The van der Waals surface area contributed by atoms with Gasteiger partial charge in [0.05, 0.1) is 6.10 Å². The molecule has 0 unspecified atom stereocenters. The maximum absolute atomic E-state index is 11.8. The molecule has 0 aromatic rings. The van der Waals surface area contributed by atoms with Gasteiger partial charge in [-0.1, -0.05) is 32.6 Å². The van der Waals surface area contributed by atoms with Crippen molar-refractivity contribution in [3.63, 3.8) is 0 Å². The molecular weight excluding hydrogens is 246 g/mol. The summed E-state index contributed by atoms with van der Waals surface area (Å²) in [6.07, 6.45) is 5.60. The summed E-state index contributed by atoms with van der Waals surface area (Å²) in [6.45, 7) is 1.99. The number of hydrogen-bond donors (Lipinski definition) is 3. The van der Waals surface area contributed by atoms with Gasteiger partial charge in [0, 0.05) is 6.42 Å². The van der Waals surface area contributed by atoms with Crippen molar-refractivity contribution in [1.29, 1.82) is 0 Å². The molecule has 3 N–H and O–H groups in total. The molecule has 1 saturated carbocycles. The molecule has 0 saturated heterocycles. The number of carbonyl (C=O) groups is 2. The molecule has 110 valence electrons. The van der Waals surface area contributed by atoms with Crippen LogP contribution in [0.4, 0.5) is 0 Å². The van der Waals surface area contributed by atoms with Crippen LogP contribution in [0, 0.1) is 5.92 Å². The van der Waals surface area contributed by atoms with Gasteiger partial charge < -0.3 is 15.5 Å². The average molecular weight is 271 g/mol. The summed E-state index contributed by atoms with van der Waals surface area (Å²) in [5.74, 6) is -1.25. The first-order chi connectivity index (χ1) is 9.04. The maximum Gasteiger partial charge on any atom is 0.326 e. The molecule has 0 heterocycles. The van der Waals surface area contributed by atoms with Gasteiger partial charge in [-0.05, 0) is 25.2 Å². The normalized spacial score (nSPS) is 24.7. The molecule has 1 rings (SSSR count). The number of aliphatic hydroxyl groups excluding tert-OH is 1. The Bertz CT molecular complexity index is 306. The van der Waals surface area contributed by atoms with E-state index in [1.54, 1.807) is 0 Å². The lowest BCUT2D eigenvalue weighted by molar-refractivity contribution is -0.142. The molecular formula is C14H25NO4. The van der Waals surface area contributed by atoms with Crippen molar-refractivity contribution < 1.29 is 19.8 Å². The molecule has 5 nitrogen and oxygen atoms in total. The van der Waals surface area contributed by atoms with Gasteiger partial charge in [0.25, 0.3) is 0 Å². The number of hydrogen-bond acceptors (Lipinski definition) is 3. The fourth-order valence-electron chi connectivity index (χ4n) is 2.58. The van der Waals surface area contributed by atoms with Crippen LogP contribution in [-0.2, 0) is 9.59 Å². The van der Waals surface area contributed by atoms with E-state index in [-0.39, 0.29) is 18.2 Å². The quantitative estimate of drug-likeness (QED) is 0.657. The topological polar surface area (TPSA) is 86.6 Å². The van der Waals surface area contributed by atoms with E-state index in [0.29, 0.717) is 6.42 Å². The summed E-state index contributed by atoms with van der Waals surface area (Å²) in [6, 6.07) is -0.798. The Kier molecular flexibility index (Phi) is 6.84. The van der Waals surface area contributed by atoms with Crippen molar-refractivity contribution in [1.82, 2.24) is 5.32 Å². The second-order valence-corrected chi connectivity index (χ2v) is 5.42. The van der Waals surface area contributed by atoms with Crippen LogP contribution < -0.4 is 5.32 Å². The molecule has 0 aliphatic heterocycles. The molecule has 19 heavy (non-hydrogen) atoms. The first-order valence-corrected chi connectivity index (χ1v) is 7.24. The Balaban J connectivity index is 2.40. The third-order valence-corrected chi connectivity index (χ3v) is 3.80. The lowest BCUT2D eigenvalue weighted by Gasteiger charge is -2.27. The zero-order chi connectivity index (χ0) is 14.3. The van der Waals surface area contributed by atoms with Crippen molar-refractivity contribution in [2.75, 3.05) is 0 Å². The fourth-order valence-corrected chi connectivity index (χ4v) is 2.58. The van der Waals surface area contributed by atoms with Crippen molar-refractivity contribution in [3.05, 3.63) is 0 Å². The van der Waals surface area contributed by atoms with E-state index in [2.05, 4.69) is 5.32 Å². The zero-order valence-corrected chi connectivity index (χ0v) is 11.6. The molecule has 3 atom stereocenters. The largest absolute Gasteiger partial charge is 0.480 e. The van der Waals surface area contributed by atoms with Crippen molar-refractivity contribution in [2.24, 2.45) is 5.92 Å². The van der Waals surface area contributed by atoms with Crippen LogP contribution in [0.3, 0.4) is 0 Å². The number of carbonyl (C=O) groups excluding carboxylic acids is 1. The maximum atomic E-state index is 11.8. The third-order valence-electron chi connectivity index (χ3n) is 3.80. The van der Waals surface area contributed by atoms with E-state index in [9.17, 15) is 14.7 Å². The van der Waals surface area contributed by atoms with E-state index in [1.165, 1.54) is 0 Å². The SMILES string of the molecule is CCCC[C@H](NC(=O)C[C@@H]1CCCC[C@H]1O)C(=O)O. The van der Waals surface area contributed by atoms with Gasteiger partial charge in [-0.2, -0.15) is 0 Å². The second kappa shape index (κ2) is 8.15. The van der Waals surface area contributed by atoms with E-state index in [4.69, 9.17) is 5.11 Å². The minimum atomic E-state index is -0.981. The molecule has 0 radical (unpaired) electrons. The summed E-state index contributed by atoms with van der Waals surface area (Å²) in [4.78, 5) is 22.9. The highest BCUT2D eigenvalue weighted by Crippen LogP contribution is 2.26. The van der Waals surface area contributed by atoms with Gasteiger partial charge >= 0.3 is 5.97 Å². The molecule has 0 spiro atoms. The summed E-state index contributed by atoms with van der Waals surface area (Å²) in [7, 11) is 0. The number of carboxylic acids is 1. The molecule has 1 aliphatic rings. The number of rotatable bonds is 7. The molecule has 1 amide bonds. The van der Waals surface area contributed by atoms with Crippen molar-refractivity contribution in [2.45, 2.75) is 70.4 Å². The monoisotopic (exact) mass is 271 g/mol. The summed E-state index contributed by atoms with van der Waals surface area (Å²) in [5.41, 5.74) is 0. The Morgan fingerprint density at radius 1 is 1.32 bits per heavy atom. The minimum Gasteiger partial charge on any atom is -0.480 e. The Morgan fingerprint density at radius 3 is 2.58 bits per heavy atom. The Morgan fingerprint density at radius 2 is 2.00 bits per heavy atom. The summed E-state index contributed by atoms with van der Waals surface area (Å²) >= 11 is 0. The van der Waals surface area contributed by atoms with E-state index >= 15 is 0 Å². The minimum absolute atomic E-state index is 0.0191. The van der Waals surface area contributed by atoms with E-state index in [0.717, 1.165) is 38.5 Å². The lowest BCUT2D eigenvalue weighted by Crippen LogP contribution is -2.42. The Labute approximate surface area is 114 Å². The van der Waals surface area contributed by atoms with E-state index in [1.807, 2.05) is 6.92 Å². The molecule has 0 aromatic heterocycles. The molecule has 0 aromatic carbocycles. The number of nitrogens with one attached hydrogen (secondary N) is 1. The van der Waals surface area contributed by atoms with Gasteiger partial charge in [0.15, 0.2) is 0 Å². The highest BCUT2D eigenvalue weighted by Gasteiger charge is 2.27.